The molecule has 1 aliphatic rings. The van der Waals surface area contributed by atoms with Crippen molar-refractivity contribution in [3.05, 3.63) is 35.4 Å². The van der Waals surface area contributed by atoms with Crippen LogP contribution in [0.1, 0.15) is 49.7 Å². The Morgan fingerprint density at radius 1 is 1.21 bits per heavy atom. The van der Waals surface area contributed by atoms with Crippen molar-refractivity contribution in [1.82, 2.24) is 5.32 Å². The number of hydrogen-bond acceptors (Lipinski definition) is 3. The highest BCUT2D eigenvalue weighted by Gasteiger charge is 2.27. The lowest BCUT2D eigenvalue weighted by Crippen LogP contribution is -2.39. The van der Waals surface area contributed by atoms with Crippen molar-refractivity contribution >= 4 is 0 Å². The fraction of sp³-hybridized carbons (Fsp3) is 0.562. The van der Waals surface area contributed by atoms with E-state index in [2.05, 4.69) is 11.4 Å². The summed E-state index contributed by atoms with van der Waals surface area (Å²) in [4.78, 5) is 0. The summed E-state index contributed by atoms with van der Waals surface area (Å²) in [6.45, 7) is 1.35. The minimum Gasteiger partial charge on any atom is -0.389 e. The van der Waals surface area contributed by atoms with Gasteiger partial charge in [0.05, 0.1) is 17.2 Å². The zero-order valence-corrected chi connectivity index (χ0v) is 11.4. The monoisotopic (exact) mass is 258 g/mol. The Morgan fingerprint density at radius 2 is 1.95 bits per heavy atom. The van der Waals surface area contributed by atoms with Crippen LogP contribution in [0.25, 0.3) is 0 Å². The fourth-order valence-electron chi connectivity index (χ4n) is 2.75. The number of nitriles is 1. The van der Waals surface area contributed by atoms with Crippen LogP contribution in [0.4, 0.5) is 0 Å². The summed E-state index contributed by atoms with van der Waals surface area (Å²) in [5, 5.41) is 22.7. The Morgan fingerprint density at radius 3 is 2.63 bits per heavy atom. The molecule has 2 rings (SSSR count). The quantitative estimate of drug-likeness (QED) is 0.816. The molecule has 1 aliphatic carbocycles. The smallest absolute Gasteiger partial charge is 0.0991 e. The minimum absolute atomic E-state index is 0.538. The first-order valence-electron chi connectivity index (χ1n) is 7.14. The molecule has 0 amide bonds. The van der Waals surface area contributed by atoms with E-state index < -0.39 is 5.60 Å². The molecule has 102 valence electrons. The number of rotatable bonds is 4. The normalized spacial score (nSPS) is 18.5. The molecule has 19 heavy (non-hydrogen) atoms. The van der Waals surface area contributed by atoms with Crippen molar-refractivity contribution in [3.63, 3.8) is 0 Å². The first-order chi connectivity index (χ1) is 9.22. The van der Waals surface area contributed by atoms with E-state index in [4.69, 9.17) is 5.26 Å². The Hall–Kier alpha value is -1.37. The van der Waals surface area contributed by atoms with E-state index >= 15 is 0 Å². The van der Waals surface area contributed by atoms with E-state index in [1.54, 1.807) is 0 Å². The van der Waals surface area contributed by atoms with Crippen LogP contribution in [0.15, 0.2) is 24.3 Å². The second-order valence-corrected chi connectivity index (χ2v) is 5.55. The lowest BCUT2D eigenvalue weighted by Gasteiger charge is -2.27. The minimum atomic E-state index is -0.538. The van der Waals surface area contributed by atoms with Crippen LogP contribution >= 0.6 is 0 Å². The molecule has 0 spiro atoms. The highest BCUT2D eigenvalue weighted by molar-refractivity contribution is 5.32. The Bertz CT molecular complexity index is 442. The second kappa shape index (κ2) is 6.70. The van der Waals surface area contributed by atoms with Crippen LogP contribution in [0.2, 0.25) is 0 Å². The largest absolute Gasteiger partial charge is 0.389 e. The number of nitrogens with one attached hydrogen (secondary N) is 1. The van der Waals surface area contributed by atoms with Gasteiger partial charge in [0, 0.05) is 13.1 Å². The second-order valence-electron chi connectivity index (χ2n) is 5.55. The first kappa shape index (κ1) is 14.0. The molecule has 2 N–H and O–H groups in total. The fourth-order valence-corrected chi connectivity index (χ4v) is 2.75. The Labute approximate surface area is 115 Å². The molecule has 0 unspecified atom stereocenters. The number of nitrogens with zero attached hydrogens (tertiary/aromatic N) is 1. The van der Waals surface area contributed by atoms with Gasteiger partial charge in [-0.15, -0.1) is 0 Å². The third-order valence-corrected chi connectivity index (χ3v) is 3.87. The van der Waals surface area contributed by atoms with Gasteiger partial charge in [-0.3, -0.25) is 0 Å². The Balaban J connectivity index is 1.83. The summed E-state index contributed by atoms with van der Waals surface area (Å²) in [6, 6.07) is 9.75. The Kier molecular flexibility index (Phi) is 4.95. The summed E-state index contributed by atoms with van der Waals surface area (Å²) in [6.07, 6.45) is 6.54. The summed E-state index contributed by atoms with van der Waals surface area (Å²) in [7, 11) is 0. The van der Waals surface area contributed by atoms with Gasteiger partial charge in [0.25, 0.3) is 0 Å². The zero-order chi connectivity index (χ0) is 13.6. The SMILES string of the molecule is N#Cc1cccc(CNCC2(O)CCCCCC2)c1. The number of benzene rings is 1. The van der Waals surface area contributed by atoms with Crippen molar-refractivity contribution in [2.24, 2.45) is 0 Å². The van der Waals surface area contributed by atoms with Gasteiger partial charge in [-0.1, -0.05) is 37.8 Å². The summed E-state index contributed by atoms with van der Waals surface area (Å²) < 4.78 is 0. The van der Waals surface area contributed by atoms with Crippen LogP contribution in [-0.2, 0) is 6.54 Å². The molecule has 0 atom stereocenters. The van der Waals surface area contributed by atoms with E-state index in [0.29, 0.717) is 18.7 Å². The lowest BCUT2D eigenvalue weighted by molar-refractivity contribution is 0.0250. The molecule has 0 bridgehead atoms. The predicted octanol–water partition coefficient (Wildman–Crippen LogP) is 2.73. The predicted molar refractivity (Wildman–Crippen MR) is 75.5 cm³/mol. The van der Waals surface area contributed by atoms with Crippen molar-refractivity contribution in [3.8, 4) is 6.07 Å². The number of hydrogen-bond donors (Lipinski definition) is 2. The molecule has 0 aromatic heterocycles. The van der Waals surface area contributed by atoms with E-state index in [1.165, 1.54) is 12.8 Å². The van der Waals surface area contributed by atoms with E-state index in [1.807, 2.05) is 24.3 Å². The van der Waals surface area contributed by atoms with Crippen molar-refractivity contribution < 1.29 is 5.11 Å². The van der Waals surface area contributed by atoms with Crippen LogP contribution in [0.3, 0.4) is 0 Å². The molecule has 0 radical (unpaired) electrons. The highest BCUT2D eigenvalue weighted by Crippen LogP contribution is 2.26. The molecule has 1 aromatic carbocycles. The molecule has 1 aromatic rings. The number of aliphatic hydroxyl groups is 1. The van der Waals surface area contributed by atoms with Crippen LogP contribution in [0.5, 0.6) is 0 Å². The maximum Gasteiger partial charge on any atom is 0.0991 e. The van der Waals surface area contributed by atoms with Crippen molar-refractivity contribution in [2.45, 2.75) is 50.7 Å². The average molecular weight is 258 g/mol. The molecular formula is C16H22N2O. The molecule has 0 heterocycles. The highest BCUT2D eigenvalue weighted by atomic mass is 16.3. The van der Waals surface area contributed by atoms with Crippen molar-refractivity contribution in [1.29, 1.82) is 5.26 Å². The molecular weight excluding hydrogens is 236 g/mol. The van der Waals surface area contributed by atoms with Gasteiger partial charge >= 0.3 is 0 Å². The summed E-state index contributed by atoms with van der Waals surface area (Å²) >= 11 is 0. The van der Waals surface area contributed by atoms with Gasteiger partial charge in [-0.05, 0) is 30.5 Å². The van der Waals surface area contributed by atoms with Crippen LogP contribution < -0.4 is 5.32 Å². The van der Waals surface area contributed by atoms with E-state index in [9.17, 15) is 5.11 Å². The van der Waals surface area contributed by atoms with Gasteiger partial charge in [-0.2, -0.15) is 5.26 Å². The van der Waals surface area contributed by atoms with Crippen LogP contribution in [0, 0.1) is 11.3 Å². The summed E-state index contributed by atoms with van der Waals surface area (Å²) in [5.74, 6) is 0. The third-order valence-electron chi connectivity index (χ3n) is 3.87. The average Bonchev–Trinajstić information content (AvgIpc) is 2.64. The first-order valence-corrected chi connectivity index (χ1v) is 7.14. The van der Waals surface area contributed by atoms with Crippen molar-refractivity contribution in [2.75, 3.05) is 6.54 Å². The molecule has 3 heteroatoms. The van der Waals surface area contributed by atoms with Gasteiger partial charge in [-0.25, -0.2) is 0 Å². The standard InChI is InChI=1S/C16H22N2O/c17-11-14-6-5-7-15(10-14)12-18-13-16(19)8-3-1-2-4-9-16/h5-7,10,18-19H,1-4,8-9,12-13H2. The van der Waals surface area contributed by atoms with E-state index in [-0.39, 0.29) is 0 Å². The molecule has 0 aliphatic heterocycles. The molecule has 1 fully saturated rings. The molecule has 0 saturated heterocycles. The summed E-state index contributed by atoms with van der Waals surface area (Å²) in [5.41, 5.74) is 1.24. The maximum atomic E-state index is 10.5. The van der Waals surface area contributed by atoms with Gasteiger partial charge in [0.2, 0.25) is 0 Å². The van der Waals surface area contributed by atoms with Gasteiger partial charge in [0.15, 0.2) is 0 Å². The third kappa shape index (κ3) is 4.34. The van der Waals surface area contributed by atoms with E-state index in [0.717, 1.165) is 31.2 Å². The van der Waals surface area contributed by atoms with Gasteiger partial charge < -0.3 is 10.4 Å². The zero-order valence-electron chi connectivity index (χ0n) is 11.4. The maximum absolute atomic E-state index is 10.5. The molecule has 3 nitrogen and oxygen atoms in total. The lowest BCUT2D eigenvalue weighted by atomic mass is 9.94. The van der Waals surface area contributed by atoms with Crippen LogP contribution in [-0.4, -0.2) is 17.3 Å². The topological polar surface area (TPSA) is 56.0 Å². The molecule has 1 saturated carbocycles. The van der Waals surface area contributed by atoms with Gasteiger partial charge in [0.1, 0.15) is 0 Å².